The van der Waals surface area contributed by atoms with Crippen LogP contribution in [0.3, 0.4) is 0 Å². The van der Waals surface area contributed by atoms with Gasteiger partial charge in [-0.05, 0) is 43.0 Å². The Balaban J connectivity index is 1.43. The highest BCUT2D eigenvalue weighted by Crippen LogP contribution is 2.44. The fourth-order valence-electron chi connectivity index (χ4n) is 4.86. The maximum absolute atomic E-state index is 14.8. The van der Waals surface area contributed by atoms with Gasteiger partial charge in [0, 0.05) is 42.2 Å². The molecule has 4 heterocycles. The molecule has 3 N–H and O–H groups in total. The number of hydrogen-bond acceptors (Lipinski definition) is 5. The first-order valence-electron chi connectivity index (χ1n) is 10.8. The summed E-state index contributed by atoms with van der Waals surface area (Å²) in [5, 5.41) is -0.0376. The molecule has 2 aliphatic heterocycles. The van der Waals surface area contributed by atoms with E-state index in [4.69, 9.17) is 22.1 Å². The number of halogens is 3. The molecule has 0 radical (unpaired) electrons. The summed E-state index contributed by atoms with van der Waals surface area (Å²) in [4.78, 5) is 26.5. The van der Waals surface area contributed by atoms with Gasteiger partial charge in [0.25, 0.3) is 0 Å². The molecule has 0 saturated carbocycles. The zero-order valence-corrected chi connectivity index (χ0v) is 19.1. The molecule has 3 aromatic rings. The van der Waals surface area contributed by atoms with Crippen molar-refractivity contribution in [3.8, 4) is 11.3 Å². The predicted octanol–water partition coefficient (Wildman–Crippen LogP) is 4.65. The van der Waals surface area contributed by atoms with Gasteiger partial charge in [-0.25, -0.2) is 13.8 Å². The molecule has 2 aliphatic rings. The van der Waals surface area contributed by atoms with Gasteiger partial charge in [0.1, 0.15) is 11.5 Å². The van der Waals surface area contributed by atoms with Crippen molar-refractivity contribution in [2.45, 2.75) is 38.0 Å². The third-order valence-electron chi connectivity index (χ3n) is 6.40. The number of carbonyl (C=O) groups excluding carboxylic acids is 1. The number of methoxy groups -OCH3 is 1. The van der Waals surface area contributed by atoms with E-state index in [-0.39, 0.29) is 46.6 Å². The lowest BCUT2D eigenvalue weighted by Gasteiger charge is -2.33. The fraction of sp³-hybridized carbons (Fsp3) is 0.292. The highest BCUT2D eigenvalue weighted by molar-refractivity contribution is 6.31. The van der Waals surface area contributed by atoms with E-state index in [0.29, 0.717) is 41.9 Å². The Morgan fingerprint density at radius 1 is 1.24 bits per heavy atom. The number of nitrogens with one attached hydrogen (secondary N) is 1. The Morgan fingerprint density at radius 3 is 2.85 bits per heavy atom. The summed E-state index contributed by atoms with van der Waals surface area (Å²) >= 11 is 5.94. The Kier molecular flexibility index (Phi) is 5.83. The summed E-state index contributed by atoms with van der Waals surface area (Å²) < 4.78 is 34.5. The number of benzene rings is 1. The molecule has 10 heteroatoms. The van der Waals surface area contributed by atoms with Crippen LogP contribution in [0.15, 0.2) is 36.7 Å². The lowest BCUT2D eigenvalue weighted by Crippen LogP contribution is -2.39. The molecule has 1 saturated heterocycles. The lowest BCUT2D eigenvalue weighted by molar-refractivity contribution is -0.129. The Hall–Kier alpha value is -3.30. The van der Waals surface area contributed by atoms with Crippen molar-refractivity contribution in [1.82, 2.24) is 19.9 Å². The molecule has 1 amide bonds. The first kappa shape index (κ1) is 22.5. The minimum Gasteiger partial charge on any atom is -0.398 e. The summed E-state index contributed by atoms with van der Waals surface area (Å²) in [6.07, 6.45) is 6.33. The third-order valence-corrected chi connectivity index (χ3v) is 6.69. The standard InChI is InChI=1S/C24H22ClF2N5O2/c1-34-11-18-22(26)14(6-7-29-18)17-10-30-24(31-17)19-5-2-13-8-12(9-20(33)32(13)19)21-16(28)4-3-15(25)23(21)27/h3-4,6-7,9-10,13,19H,2,5,8,11,28H2,1H3,(H,30,31)/t13?,19-/m0/s1. The number of amides is 1. The molecule has 1 fully saturated rings. The molecular weight excluding hydrogens is 464 g/mol. The van der Waals surface area contributed by atoms with Crippen molar-refractivity contribution in [2.75, 3.05) is 12.8 Å². The minimum absolute atomic E-state index is 0.0376. The van der Waals surface area contributed by atoms with Crippen LogP contribution in [-0.2, 0) is 16.1 Å². The van der Waals surface area contributed by atoms with Crippen molar-refractivity contribution in [1.29, 1.82) is 0 Å². The second-order valence-corrected chi connectivity index (χ2v) is 8.83. The van der Waals surface area contributed by atoms with E-state index < -0.39 is 11.6 Å². The van der Waals surface area contributed by atoms with Gasteiger partial charge in [-0.15, -0.1) is 0 Å². The number of H-pyrrole nitrogens is 1. The molecular formula is C24H22ClF2N5O2. The highest BCUT2D eigenvalue weighted by atomic mass is 35.5. The monoisotopic (exact) mass is 485 g/mol. The van der Waals surface area contributed by atoms with Gasteiger partial charge >= 0.3 is 0 Å². The van der Waals surface area contributed by atoms with Crippen molar-refractivity contribution < 1.29 is 18.3 Å². The molecule has 0 bridgehead atoms. The van der Waals surface area contributed by atoms with Crippen LogP contribution in [0.25, 0.3) is 16.8 Å². The molecule has 0 spiro atoms. The van der Waals surface area contributed by atoms with Gasteiger partial charge in [0.05, 0.1) is 29.6 Å². The van der Waals surface area contributed by atoms with Crippen LogP contribution in [0.1, 0.15) is 42.4 Å². The minimum atomic E-state index is -0.619. The van der Waals surface area contributed by atoms with Crippen LogP contribution in [0.4, 0.5) is 14.5 Å². The Labute approximate surface area is 199 Å². The number of aromatic nitrogens is 3. The average molecular weight is 486 g/mol. The molecule has 34 heavy (non-hydrogen) atoms. The van der Waals surface area contributed by atoms with E-state index in [0.717, 1.165) is 0 Å². The maximum atomic E-state index is 14.8. The van der Waals surface area contributed by atoms with Gasteiger partial charge in [0.15, 0.2) is 11.6 Å². The van der Waals surface area contributed by atoms with E-state index in [1.54, 1.807) is 17.2 Å². The predicted molar refractivity (Wildman–Crippen MR) is 124 cm³/mol. The first-order chi connectivity index (χ1) is 16.4. The van der Waals surface area contributed by atoms with Crippen LogP contribution in [0, 0.1) is 11.6 Å². The number of hydrogen-bond donors (Lipinski definition) is 2. The van der Waals surface area contributed by atoms with E-state index in [1.165, 1.54) is 31.5 Å². The number of nitrogens with two attached hydrogens (primary N) is 1. The quantitative estimate of drug-likeness (QED) is 0.513. The summed E-state index contributed by atoms with van der Waals surface area (Å²) in [6, 6.07) is 4.07. The molecule has 176 valence electrons. The second-order valence-electron chi connectivity index (χ2n) is 8.43. The number of nitrogen functional groups attached to an aromatic ring is 1. The van der Waals surface area contributed by atoms with E-state index in [1.807, 2.05) is 0 Å². The van der Waals surface area contributed by atoms with Crippen molar-refractivity contribution in [3.63, 3.8) is 0 Å². The SMILES string of the molecule is COCc1nccc(-c2cnc([C@@H]3CCC4CC(c5c(N)ccc(Cl)c5F)=CC(=O)N43)[nH]2)c1F. The molecule has 1 aromatic carbocycles. The van der Waals surface area contributed by atoms with Gasteiger partial charge in [-0.1, -0.05) is 11.6 Å². The first-order valence-corrected chi connectivity index (χ1v) is 11.2. The highest BCUT2D eigenvalue weighted by Gasteiger charge is 2.42. The van der Waals surface area contributed by atoms with Crippen molar-refractivity contribution in [2.24, 2.45) is 0 Å². The van der Waals surface area contributed by atoms with E-state index in [2.05, 4.69) is 15.0 Å². The molecule has 1 unspecified atom stereocenters. The Bertz CT molecular complexity index is 1310. The van der Waals surface area contributed by atoms with Crippen LogP contribution >= 0.6 is 11.6 Å². The number of carbonyl (C=O) groups is 1. The van der Waals surface area contributed by atoms with Crippen LogP contribution < -0.4 is 5.73 Å². The average Bonchev–Trinajstić information content (AvgIpc) is 3.46. The van der Waals surface area contributed by atoms with Gasteiger partial charge in [-0.3, -0.25) is 9.78 Å². The number of nitrogens with zero attached hydrogens (tertiary/aromatic N) is 3. The van der Waals surface area contributed by atoms with Gasteiger partial charge < -0.3 is 20.4 Å². The summed E-state index contributed by atoms with van der Waals surface area (Å²) in [5.74, 6) is -0.776. The second kappa shape index (κ2) is 8.81. The van der Waals surface area contributed by atoms with Gasteiger partial charge in [-0.2, -0.15) is 0 Å². The molecule has 0 aliphatic carbocycles. The van der Waals surface area contributed by atoms with Gasteiger partial charge in [0.2, 0.25) is 5.91 Å². The number of anilines is 1. The summed E-state index contributed by atoms with van der Waals surface area (Å²) in [5.41, 5.74) is 7.98. The molecule has 2 aromatic heterocycles. The lowest BCUT2D eigenvalue weighted by atomic mass is 9.92. The number of ether oxygens (including phenoxy) is 1. The molecule has 2 atom stereocenters. The smallest absolute Gasteiger partial charge is 0.247 e. The number of imidazole rings is 1. The zero-order chi connectivity index (χ0) is 24.0. The number of rotatable bonds is 5. The zero-order valence-electron chi connectivity index (χ0n) is 18.3. The fourth-order valence-corrected chi connectivity index (χ4v) is 5.02. The number of pyridine rings is 1. The van der Waals surface area contributed by atoms with Crippen molar-refractivity contribution in [3.05, 3.63) is 70.4 Å². The van der Waals surface area contributed by atoms with Crippen LogP contribution in [0.2, 0.25) is 5.02 Å². The normalized spacial score (nSPS) is 19.9. The van der Waals surface area contributed by atoms with E-state index in [9.17, 15) is 13.6 Å². The summed E-state index contributed by atoms with van der Waals surface area (Å²) in [6.45, 7) is 0.0552. The largest absolute Gasteiger partial charge is 0.398 e. The number of aromatic amines is 1. The third kappa shape index (κ3) is 3.74. The maximum Gasteiger partial charge on any atom is 0.247 e. The molecule has 7 nitrogen and oxygen atoms in total. The topological polar surface area (TPSA) is 97.1 Å². The van der Waals surface area contributed by atoms with Crippen LogP contribution in [-0.4, -0.2) is 38.9 Å². The Morgan fingerprint density at radius 2 is 2.06 bits per heavy atom. The van der Waals surface area contributed by atoms with Crippen LogP contribution in [0.5, 0.6) is 0 Å². The summed E-state index contributed by atoms with van der Waals surface area (Å²) in [7, 11) is 1.48. The van der Waals surface area contributed by atoms with Crippen molar-refractivity contribution >= 4 is 28.8 Å². The number of fused-ring (bicyclic) bond motifs is 1. The van der Waals surface area contributed by atoms with E-state index >= 15 is 0 Å². The molecule has 5 rings (SSSR count).